The minimum absolute atomic E-state index is 0.200. The van der Waals surface area contributed by atoms with Gasteiger partial charge < -0.3 is 4.74 Å². The van der Waals surface area contributed by atoms with Crippen LogP contribution in [0.25, 0.3) is 0 Å². The Balaban J connectivity index is 1.90. The summed E-state index contributed by atoms with van der Waals surface area (Å²) in [5.74, 6) is 1.85. The van der Waals surface area contributed by atoms with E-state index in [4.69, 9.17) is 4.74 Å². The molecule has 2 rings (SSSR count). The van der Waals surface area contributed by atoms with Gasteiger partial charge in [0.1, 0.15) is 5.75 Å². The minimum Gasteiger partial charge on any atom is -0.494 e. The second kappa shape index (κ2) is 6.71. The van der Waals surface area contributed by atoms with E-state index in [2.05, 4.69) is 11.8 Å². The van der Waals surface area contributed by atoms with E-state index in [9.17, 15) is 4.79 Å². The summed E-state index contributed by atoms with van der Waals surface area (Å²) in [5, 5.41) is 0. The first-order valence-corrected chi connectivity index (χ1v) is 7.21. The third-order valence-corrected chi connectivity index (χ3v) is 3.52. The van der Waals surface area contributed by atoms with Crippen LogP contribution in [0, 0.1) is 5.92 Å². The second-order valence-electron chi connectivity index (χ2n) is 5.15. The van der Waals surface area contributed by atoms with Crippen molar-refractivity contribution in [1.82, 2.24) is 4.90 Å². The summed E-state index contributed by atoms with van der Waals surface area (Å²) in [6.45, 7) is 7.27. The number of rotatable bonds is 8. The van der Waals surface area contributed by atoms with Gasteiger partial charge in [-0.15, -0.1) is 0 Å². The standard InChI is InChI=1S/C16H23NO2/c1-3-17(11-13-5-6-13)12-16(18)14-7-9-15(10-8-14)19-4-2/h7-10,13H,3-6,11-12H2,1-2H3. The van der Waals surface area contributed by atoms with Crippen molar-refractivity contribution < 1.29 is 9.53 Å². The van der Waals surface area contributed by atoms with Crippen LogP contribution in [0.3, 0.4) is 0 Å². The maximum absolute atomic E-state index is 12.2. The molecule has 0 saturated heterocycles. The number of nitrogens with zero attached hydrogens (tertiary/aromatic N) is 1. The highest BCUT2D eigenvalue weighted by Gasteiger charge is 2.24. The first kappa shape index (κ1) is 14.1. The topological polar surface area (TPSA) is 29.5 Å². The predicted molar refractivity (Wildman–Crippen MR) is 76.8 cm³/mol. The lowest BCUT2D eigenvalue weighted by Gasteiger charge is -2.19. The lowest BCUT2D eigenvalue weighted by atomic mass is 10.1. The Hall–Kier alpha value is -1.35. The monoisotopic (exact) mass is 261 g/mol. The maximum Gasteiger partial charge on any atom is 0.176 e. The zero-order valence-corrected chi connectivity index (χ0v) is 11.9. The number of Topliss-reactive ketones (excluding diaryl/α,β-unsaturated/α-hetero) is 1. The molecule has 0 radical (unpaired) electrons. The Morgan fingerprint density at radius 1 is 1.26 bits per heavy atom. The van der Waals surface area contributed by atoms with Crippen molar-refractivity contribution >= 4 is 5.78 Å². The third kappa shape index (κ3) is 4.35. The molecular weight excluding hydrogens is 238 g/mol. The molecule has 3 nitrogen and oxygen atoms in total. The van der Waals surface area contributed by atoms with Crippen LogP contribution >= 0.6 is 0 Å². The van der Waals surface area contributed by atoms with Crippen molar-refractivity contribution in [3.8, 4) is 5.75 Å². The van der Waals surface area contributed by atoms with Crippen LogP contribution < -0.4 is 4.74 Å². The molecule has 0 heterocycles. The number of carbonyl (C=O) groups is 1. The number of ketones is 1. The molecule has 0 unspecified atom stereocenters. The fourth-order valence-corrected chi connectivity index (χ4v) is 2.17. The van der Waals surface area contributed by atoms with Crippen LogP contribution in [0.2, 0.25) is 0 Å². The quantitative estimate of drug-likeness (QED) is 0.674. The van der Waals surface area contributed by atoms with Crippen molar-refractivity contribution in [1.29, 1.82) is 0 Å². The molecule has 19 heavy (non-hydrogen) atoms. The van der Waals surface area contributed by atoms with E-state index in [1.807, 2.05) is 31.2 Å². The molecule has 0 N–H and O–H groups in total. The Bertz CT molecular complexity index is 409. The van der Waals surface area contributed by atoms with Crippen LogP contribution in [0.1, 0.15) is 37.0 Å². The van der Waals surface area contributed by atoms with Gasteiger partial charge in [-0.05, 0) is 56.5 Å². The molecular formula is C16H23NO2. The molecule has 0 bridgehead atoms. The summed E-state index contributed by atoms with van der Waals surface area (Å²) in [4.78, 5) is 14.4. The smallest absolute Gasteiger partial charge is 0.176 e. The van der Waals surface area contributed by atoms with E-state index >= 15 is 0 Å². The molecule has 104 valence electrons. The molecule has 1 aromatic carbocycles. The van der Waals surface area contributed by atoms with Crippen LogP contribution in [-0.2, 0) is 0 Å². The molecule has 1 aliphatic rings. The Labute approximate surface area is 115 Å². The van der Waals surface area contributed by atoms with Crippen LogP contribution in [-0.4, -0.2) is 36.9 Å². The lowest BCUT2D eigenvalue weighted by molar-refractivity contribution is 0.0931. The van der Waals surface area contributed by atoms with Crippen molar-refractivity contribution in [2.45, 2.75) is 26.7 Å². The highest BCUT2D eigenvalue weighted by atomic mass is 16.5. The highest BCUT2D eigenvalue weighted by Crippen LogP contribution is 2.29. The van der Waals surface area contributed by atoms with Crippen LogP contribution in [0.4, 0.5) is 0 Å². The van der Waals surface area contributed by atoms with Crippen molar-refractivity contribution in [2.75, 3.05) is 26.2 Å². The van der Waals surface area contributed by atoms with Gasteiger partial charge in [0.25, 0.3) is 0 Å². The largest absolute Gasteiger partial charge is 0.494 e. The SMILES string of the molecule is CCOc1ccc(C(=O)CN(CC)CC2CC2)cc1. The van der Waals surface area contributed by atoms with Crippen molar-refractivity contribution in [3.05, 3.63) is 29.8 Å². The average Bonchev–Trinajstić information content (AvgIpc) is 3.23. The van der Waals surface area contributed by atoms with Crippen molar-refractivity contribution in [3.63, 3.8) is 0 Å². The fraction of sp³-hybridized carbons (Fsp3) is 0.562. The molecule has 1 saturated carbocycles. The lowest BCUT2D eigenvalue weighted by Crippen LogP contribution is -2.31. The first-order valence-electron chi connectivity index (χ1n) is 7.21. The number of carbonyl (C=O) groups excluding carboxylic acids is 1. The van der Waals surface area contributed by atoms with Gasteiger partial charge in [-0.1, -0.05) is 6.92 Å². The molecule has 0 amide bonds. The summed E-state index contributed by atoms with van der Waals surface area (Å²) in [6.07, 6.45) is 2.65. The van der Waals surface area contributed by atoms with E-state index in [1.165, 1.54) is 12.8 Å². The summed E-state index contributed by atoms with van der Waals surface area (Å²) < 4.78 is 5.38. The number of likely N-dealkylation sites (N-methyl/N-ethyl adjacent to an activating group) is 1. The molecule has 1 fully saturated rings. The van der Waals surface area contributed by atoms with E-state index in [0.717, 1.165) is 30.3 Å². The fourth-order valence-electron chi connectivity index (χ4n) is 2.17. The third-order valence-electron chi connectivity index (χ3n) is 3.52. The van der Waals surface area contributed by atoms with Gasteiger partial charge in [0.2, 0.25) is 0 Å². The number of hydrogen-bond donors (Lipinski definition) is 0. The Kier molecular flexibility index (Phi) is 4.97. The van der Waals surface area contributed by atoms with Crippen LogP contribution in [0.15, 0.2) is 24.3 Å². The summed E-state index contributed by atoms with van der Waals surface area (Å²) in [5.41, 5.74) is 0.776. The number of ether oxygens (including phenoxy) is 1. The molecule has 0 aromatic heterocycles. The van der Waals surface area contributed by atoms with E-state index in [0.29, 0.717) is 13.2 Å². The first-order chi connectivity index (χ1) is 9.22. The molecule has 0 spiro atoms. The van der Waals surface area contributed by atoms with Gasteiger partial charge in [0.15, 0.2) is 5.78 Å². The maximum atomic E-state index is 12.2. The van der Waals surface area contributed by atoms with Crippen LogP contribution in [0.5, 0.6) is 5.75 Å². The predicted octanol–water partition coefficient (Wildman–Crippen LogP) is 3.00. The van der Waals surface area contributed by atoms with Crippen molar-refractivity contribution in [2.24, 2.45) is 5.92 Å². The van der Waals surface area contributed by atoms with E-state index in [1.54, 1.807) is 0 Å². The number of benzene rings is 1. The Morgan fingerprint density at radius 3 is 2.47 bits per heavy atom. The van der Waals surface area contributed by atoms with Gasteiger partial charge >= 0.3 is 0 Å². The van der Waals surface area contributed by atoms with Gasteiger partial charge in [-0.25, -0.2) is 0 Å². The Morgan fingerprint density at radius 2 is 1.95 bits per heavy atom. The minimum atomic E-state index is 0.200. The summed E-state index contributed by atoms with van der Waals surface area (Å²) in [6, 6.07) is 7.46. The molecule has 1 aromatic rings. The number of hydrogen-bond acceptors (Lipinski definition) is 3. The molecule has 1 aliphatic carbocycles. The average molecular weight is 261 g/mol. The molecule has 0 aliphatic heterocycles. The molecule has 3 heteroatoms. The zero-order valence-electron chi connectivity index (χ0n) is 11.9. The van der Waals surface area contributed by atoms with E-state index < -0.39 is 0 Å². The zero-order chi connectivity index (χ0) is 13.7. The van der Waals surface area contributed by atoms with Gasteiger partial charge in [0.05, 0.1) is 13.2 Å². The normalized spacial score (nSPS) is 14.7. The summed E-state index contributed by atoms with van der Waals surface area (Å²) in [7, 11) is 0. The van der Waals surface area contributed by atoms with Gasteiger partial charge in [-0.2, -0.15) is 0 Å². The second-order valence-corrected chi connectivity index (χ2v) is 5.15. The van der Waals surface area contributed by atoms with Gasteiger partial charge in [-0.3, -0.25) is 9.69 Å². The molecule has 0 atom stereocenters. The van der Waals surface area contributed by atoms with Gasteiger partial charge in [0, 0.05) is 12.1 Å². The highest BCUT2D eigenvalue weighted by molar-refractivity contribution is 5.97. The summed E-state index contributed by atoms with van der Waals surface area (Å²) >= 11 is 0. The van der Waals surface area contributed by atoms with E-state index in [-0.39, 0.29) is 5.78 Å².